The molecule has 2 aromatic carbocycles. The molecule has 1 amide bonds. The highest BCUT2D eigenvalue weighted by Gasteiger charge is 2.32. The number of ether oxygens (including phenoxy) is 1. The van der Waals surface area contributed by atoms with E-state index in [0.717, 1.165) is 29.1 Å². The predicted octanol–water partition coefficient (Wildman–Crippen LogP) is 3.45. The first-order valence-electron chi connectivity index (χ1n) is 8.59. The topological polar surface area (TPSA) is 67.6 Å². The van der Waals surface area contributed by atoms with Gasteiger partial charge >= 0.3 is 0 Å². The minimum Gasteiger partial charge on any atom is -0.484 e. The molecule has 0 unspecified atom stereocenters. The van der Waals surface area contributed by atoms with Crippen molar-refractivity contribution in [3.63, 3.8) is 0 Å². The SMILES string of the molecule is CCc1ccccc1NC(=O)CN1CC(C)(C)Oc2ccc(N)cc21. The lowest BCUT2D eigenvalue weighted by atomic mass is 10.0. The van der Waals surface area contributed by atoms with Crippen LogP contribution in [0.25, 0.3) is 0 Å². The number of nitrogen functional groups attached to an aromatic ring is 1. The van der Waals surface area contributed by atoms with Gasteiger partial charge in [-0.25, -0.2) is 0 Å². The van der Waals surface area contributed by atoms with Crippen molar-refractivity contribution < 1.29 is 9.53 Å². The molecule has 3 N–H and O–H groups in total. The van der Waals surface area contributed by atoms with Crippen LogP contribution >= 0.6 is 0 Å². The Morgan fingerprint density at radius 2 is 2.04 bits per heavy atom. The molecule has 0 radical (unpaired) electrons. The van der Waals surface area contributed by atoms with Crippen LogP contribution in [0.3, 0.4) is 0 Å². The number of carbonyl (C=O) groups excluding carboxylic acids is 1. The smallest absolute Gasteiger partial charge is 0.243 e. The normalized spacial score (nSPS) is 15.2. The molecule has 0 spiro atoms. The van der Waals surface area contributed by atoms with Crippen molar-refractivity contribution in [3.05, 3.63) is 48.0 Å². The van der Waals surface area contributed by atoms with Crippen LogP contribution in [0.5, 0.6) is 5.75 Å². The number of anilines is 3. The molecule has 1 heterocycles. The van der Waals surface area contributed by atoms with E-state index in [0.29, 0.717) is 12.2 Å². The fourth-order valence-electron chi connectivity index (χ4n) is 3.20. The first kappa shape index (κ1) is 17.1. The number of amides is 1. The quantitative estimate of drug-likeness (QED) is 0.837. The van der Waals surface area contributed by atoms with Crippen LogP contribution in [0.2, 0.25) is 0 Å². The molecule has 1 aliphatic heterocycles. The number of nitrogens with two attached hydrogens (primary N) is 1. The Bertz CT molecular complexity index is 786. The Morgan fingerprint density at radius 1 is 1.28 bits per heavy atom. The largest absolute Gasteiger partial charge is 0.484 e. The third kappa shape index (κ3) is 3.87. The Labute approximate surface area is 148 Å². The summed E-state index contributed by atoms with van der Waals surface area (Å²) in [6, 6.07) is 13.4. The first-order chi connectivity index (χ1) is 11.9. The Hall–Kier alpha value is -2.69. The maximum Gasteiger partial charge on any atom is 0.243 e. The number of hydrogen-bond donors (Lipinski definition) is 2. The molecule has 5 heteroatoms. The van der Waals surface area contributed by atoms with E-state index >= 15 is 0 Å². The summed E-state index contributed by atoms with van der Waals surface area (Å²) in [4.78, 5) is 14.7. The zero-order valence-electron chi connectivity index (χ0n) is 15.0. The molecule has 0 fully saturated rings. The number of aryl methyl sites for hydroxylation is 1. The Morgan fingerprint density at radius 3 is 2.80 bits per heavy atom. The molecule has 1 aliphatic rings. The van der Waals surface area contributed by atoms with E-state index in [9.17, 15) is 4.79 Å². The van der Waals surface area contributed by atoms with E-state index in [1.807, 2.05) is 61.2 Å². The second-order valence-corrected chi connectivity index (χ2v) is 7.00. The van der Waals surface area contributed by atoms with Crippen molar-refractivity contribution in [2.75, 3.05) is 29.0 Å². The van der Waals surface area contributed by atoms with E-state index in [1.165, 1.54) is 0 Å². The molecule has 5 nitrogen and oxygen atoms in total. The van der Waals surface area contributed by atoms with Crippen molar-refractivity contribution in [3.8, 4) is 5.75 Å². The molecule has 0 aromatic heterocycles. The zero-order chi connectivity index (χ0) is 18.0. The lowest BCUT2D eigenvalue weighted by molar-refractivity contribution is -0.115. The number of nitrogens with one attached hydrogen (secondary N) is 1. The zero-order valence-corrected chi connectivity index (χ0v) is 15.0. The van der Waals surface area contributed by atoms with Gasteiger partial charge in [-0.05, 0) is 50.1 Å². The summed E-state index contributed by atoms with van der Waals surface area (Å²) in [6.45, 7) is 6.98. The van der Waals surface area contributed by atoms with Gasteiger partial charge < -0.3 is 20.7 Å². The Kier molecular flexibility index (Phi) is 4.57. The number of rotatable bonds is 4. The molecule has 132 valence electrons. The van der Waals surface area contributed by atoms with Gasteiger partial charge in [0.2, 0.25) is 5.91 Å². The summed E-state index contributed by atoms with van der Waals surface area (Å²) >= 11 is 0. The van der Waals surface area contributed by atoms with Crippen molar-refractivity contribution in [2.45, 2.75) is 32.8 Å². The maximum absolute atomic E-state index is 12.6. The molecule has 3 rings (SSSR count). The summed E-state index contributed by atoms with van der Waals surface area (Å²) in [5, 5.41) is 3.03. The van der Waals surface area contributed by atoms with Crippen molar-refractivity contribution in [2.24, 2.45) is 0 Å². The van der Waals surface area contributed by atoms with Crippen LogP contribution in [-0.2, 0) is 11.2 Å². The van der Waals surface area contributed by atoms with Gasteiger partial charge in [0.1, 0.15) is 11.4 Å². The minimum atomic E-state index is -0.370. The average Bonchev–Trinajstić information content (AvgIpc) is 2.55. The number of carbonyl (C=O) groups is 1. The second kappa shape index (κ2) is 6.67. The Balaban J connectivity index is 1.80. The van der Waals surface area contributed by atoms with Crippen molar-refractivity contribution in [1.82, 2.24) is 0 Å². The van der Waals surface area contributed by atoms with Gasteiger partial charge in [0.15, 0.2) is 0 Å². The van der Waals surface area contributed by atoms with E-state index < -0.39 is 0 Å². The van der Waals surface area contributed by atoms with E-state index in [4.69, 9.17) is 10.5 Å². The molecule has 25 heavy (non-hydrogen) atoms. The van der Waals surface area contributed by atoms with Gasteiger partial charge in [-0.15, -0.1) is 0 Å². The fourth-order valence-corrected chi connectivity index (χ4v) is 3.20. The highest BCUT2D eigenvalue weighted by atomic mass is 16.5. The third-order valence-corrected chi connectivity index (χ3v) is 4.29. The monoisotopic (exact) mass is 339 g/mol. The number of nitrogens with zero attached hydrogens (tertiary/aromatic N) is 1. The number of benzene rings is 2. The van der Waals surface area contributed by atoms with Crippen molar-refractivity contribution in [1.29, 1.82) is 0 Å². The van der Waals surface area contributed by atoms with Gasteiger partial charge in [0.25, 0.3) is 0 Å². The molecule has 0 saturated carbocycles. The predicted molar refractivity (Wildman–Crippen MR) is 102 cm³/mol. The van der Waals surface area contributed by atoms with Crippen LogP contribution in [0.1, 0.15) is 26.3 Å². The molecular weight excluding hydrogens is 314 g/mol. The molecule has 0 atom stereocenters. The lowest BCUT2D eigenvalue weighted by Crippen LogP contribution is -2.49. The van der Waals surface area contributed by atoms with E-state index in [1.54, 1.807) is 0 Å². The summed E-state index contributed by atoms with van der Waals surface area (Å²) < 4.78 is 6.01. The average molecular weight is 339 g/mol. The summed E-state index contributed by atoms with van der Waals surface area (Å²) in [5.41, 5.74) is 9.06. The van der Waals surface area contributed by atoms with Crippen LogP contribution in [-0.4, -0.2) is 24.6 Å². The van der Waals surface area contributed by atoms with Crippen LogP contribution in [0.15, 0.2) is 42.5 Å². The maximum atomic E-state index is 12.6. The highest BCUT2D eigenvalue weighted by molar-refractivity contribution is 5.95. The van der Waals surface area contributed by atoms with Crippen molar-refractivity contribution >= 4 is 23.0 Å². The highest BCUT2D eigenvalue weighted by Crippen LogP contribution is 2.38. The summed E-state index contributed by atoms with van der Waals surface area (Å²) in [5.74, 6) is 0.708. The molecule has 0 bridgehead atoms. The minimum absolute atomic E-state index is 0.0491. The van der Waals surface area contributed by atoms with Gasteiger partial charge in [-0.3, -0.25) is 4.79 Å². The summed E-state index contributed by atoms with van der Waals surface area (Å²) in [7, 11) is 0. The summed E-state index contributed by atoms with van der Waals surface area (Å²) in [6.07, 6.45) is 0.875. The van der Waals surface area contributed by atoms with E-state index in [-0.39, 0.29) is 18.1 Å². The lowest BCUT2D eigenvalue weighted by Gasteiger charge is -2.40. The fraction of sp³-hybridized carbons (Fsp3) is 0.350. The molecule has 2 aromatic rings. The number of para-hydroxylation sites is 1. The van der Waals surface area contributed by atoms with Gasteiger partial charge in [0, 0.05) is 11.4 Å². The van der Waals surface area contributed by atoms with Crippen LogP contribution < -0.4 is 20.7 Å². The number of hydrogen-bond acceptors (Lipinski definition) is 4. The van der Waals surface area contributed by atoms with E-state index in [2.05, 4.69) is 12.2 Å². The van der Waals surface area contributed by atoms with Gasteiger partial charge in [-0.1, -0.05) is 25.1 Å². The molecule has 0 aliphatic carbocycles. The van der Waals surface area contributed by atoms with Crippen LogP contribution in [0, 0.1) is 0 Å². The number of fused-ring (bicyclic) bond motifs is 1. The van der Waals surface area contributed by atoms with Crippen LogP contribution in [0.4, 0.5) is 17.1 Å². The van der Waals surface area contributed by atoms with Gasteiger partial charge in [-0.2, -0.15) is 0 Å². The second-order valence-electron chi connectivity index (χ2n) is 7.00. The third-order valence-electron chi connectivity index (χ3n) is 4.29. The molecular formula is C20H25N3O2. The standard InChI is InChI=1S/C20H25N3O2/c1-4-14-7-5-6-8-16(14)22-19(24)12-23-13-20(2,3)25-18-10-9-15(21)11-17(18)23/h5-11H,4,12-13,21H2,1-3H3,(H,22,24). The molecule has 0 saturated heterocycles. The first-order valence-corrected chi connectivity index (χ1v) is 8.59. The van der Waals surface area contributed by atoms with Gasteiger partial charge in [0.05, 0.1) is 18.8 Å².